The Kier molecular flexibility index (Phi) is 5.62. The first kappa shape index (κ1) is 19.6. The smallest absolute Gasteiger partial charge is 0.253 e. The fraction of sp³-hybridized carbons (Fsp3) is 0.391. The zero-order valence-electron chi connectivity index (χ0n) is 16.3. The number of hydrogen-bond donors (Lipinski definition) is 1. The van der Waals surface area contributed by atoms with Crippen molar-refractivity contribution in [2.45, 2.75) is 24.8 Å². The van der Waals surface area contributed by atoms with Gasteiger partial charge in [-0.3, -0.25) is 9.59 Å². The Morgan fingerprint density at radius 1 is 0.931 bits per heavy atom. The van der Waals surface area contributed by atoms with Crippen molar-refractivity contribution in [1.82, 2.24) is 9.80 Å². The van der Waals surface area contributed by atoms with Crippen LogP contribution in [0.3, 0.4) is 0 Å². The summed E-state index contributed by atoms with van der Waals surface area (Å²) in [7, 11) is 0. The fourth-order valence-electron chi connectivity index (χ4n) is 4.46. The molecule has 2 fully saturated rings. The minimum Gasteiger partial charge on any atom is -0.340 e. The summed E-state index contributed by atoms with van der Waals surface area (Å²) >= 11 is 0. The van der Waals surface area contributed by atoms with Gasteiger partial charge in [0, 0.05) is 43.7 Å². The molecule has 2 aromatic rings. The van der Waals surface area contributed by atoms with Gasteiger partial charge in [0.15, 0.2) is 0 Å². The lowest BCUT2D eigenvalue weighted by atomic mass is 9.95. The van der Waals surface area contributed by atoms with Gasteiger partial charge in [0.25, 0.3) is 5.91 Å². The number of likely N-dealkylation sites (tertiary alicyclic amines) is 2. The third-order valence-corrected chi connectivity index (χ3v) is 6.05. The molecule has 6 heteroatoms. The number of carbonyl (C=O) groups is 2. The van der Waals surface area contributed by atoms with Crippen molar-refractivity contribution in [3.05, 3.63) is 71.5 Å². The molecule has 2 aromatic carbocycles. The van der Waals surface area contributed by atoms with Gasteiger partial charge in [-0.1, -0.05) is 30.3 Å². The third kappa shape index (κ3) is 4.17. The third-order valence-electron chi connectivity index (χ3n) is 6.05. The zero-order valence-corrected chi connectivity index (χ0v) is 16.3. The summed E-state index contributed by atoms with van der Waals surface area (Å²) in [6, 6.07) is 15.6. The molecule has 152 valence electrons. The van der Waals surface area contributed by atoms with Gasteiger partial charge >= 0.3 is 0 Å². The van der Waals surface area contributed by atoms with Crippen LogP contribution in [0.15, 0.2) is 54.6 Å². The zero-order chi connectivity index (χ0) is 20.4. The molecule has 3 atom stereocenters. The van der Waals surface area contributed by atoms with Gasteiger partial charge in [-0.25, -0.2) is 4.39 Å². The lowest BCUT2D eigenvalue weighted by molar-refractivity contribution is -0.135. The summed E-state index contributed by atoms with van der Waals surface area (Å²) < 4.78 is 13.1. The number of nitrogens with two attached hydrogens (primary N) is 1. The molecule has 4 rings (SSSR count). The summed E-state index contributed by atoms with van der Waals surface area (Å²) in [6.45, 7) is 2.18. The summed E-state index contributed by atoms with van der Waals surface area (Å²) in [5.74, 6) is -0.513. The number of rotatable bonds is 3. The van der Waals surface area contributed by atoms with E-state index in [1.807, 2.05) is 23.1 Å². The summed E-state index contributed by atoms with van der Waals surface area (Å²) in [5, 5.41) is 0. The predicted octanol–water partition coefficient (Wildman–Crippen LogP) is 2.63. The number of nitrogens with zero attached hydrogens (tertiary/aromatic N) is 2. The van der Waals surface area contributed by atoms with E-state index in [0.717, 1.165) is 18.4 Å². The van der Waals surface area contributed by atoms with Crippen molar-refractivity contribution in [2.75, 3.05) is 26.2 Å². The van der Waals surface area contributed by atoms with E-state index in [0.29, 0.717) is 31.7 Å². The predicted molar refractivity (Wildman–Crippen MR) is 109 cm³/mol. The van der Waals surface area contributed by atoms with Crippen molar-refractivity contribution >= 4 is 11.8 Å². The minimum absolute atomic E-state index is 0.0792. The molecule has 2 heterocycles. The minimum atomic E-state index is -0.369. The van der Waals surface area contributed by atoms with Gasteiger partial charge in [0.1, 0.15) is 5.82 Å². The standard InChI is InChI=1S/C23H26FN3O2/c24-19-10-8-17(9-11-19)22(28)26-12-4-7-18(13-26)23(29)27-14-20(21(25)15-27)16-5-2-1-3-6-16/h1-3,5-6,8-11,18,20-21H,4,7,12-15,25H2/t18?,20-,21+/m0/s1. The first-order chi connectivity index (χ1) is 14.0. The van der Waals surface area contributed by atoms with Gasteiger partial charge in [0.05, 0.1) is 5.92 Å². The SMILES string of the molecule is N[C@@H]1CN(C(=O)C2CCCN(C(=O)c3ccc(F)cc3)C2)C[C@H]1c1ccccc1. The van der Waals surface area contributed by atoms with Crippen LogP contribution in [-0.2, 0) is 4.79 Å². The number of carbonyl (C=O) groups excluding carboxylic acids is 2. The second-order valence-electron chi connectivity index (χ2n) is 8.02. The molecular weight excluding hydrogens is 369 g/mol. The van der Waals surface area contributed by atoms with Crippen LogP contribution in [0.25, 0.3) is 0 Å². The topological polar surface area (TPSA) is 66.6 Å². The first-order valence-corrected chi connectivity index (χ1v) is 10.2. The maximum atomic E-state index is 13.2. The van der Waals surface area contributed by atoms with Crippen molar-refractivity contribution in [2.24, 2.45) is 11.7 Å². The maximum absolute atomic E-state index is 13.2. The Bertz CT molecular complexity index is 871. The van der Waals surface area contributed by atoms with Crippen LogP contribution in [-0.4, -0.2) is 53.8 Å². The van der Waals surface area contributed by atoms with E-state index in [1.165, 1.54) is 24.3 Å². The quantitative estimate of drug-likeness (QED) is 0.869. The van der Waals surface area contributed by atoms with Gasteiger partial charge in [0.2, 0.25) is 5.91 Å². The highest BCUT2D eigenvalue weighted by atomic mass is 19.1. The van der Waals surface area contributed by atoms with Crippen LogP contribution in [0.2, 0.25) is 0 Å². The fourth-order valence-corrected chi connectivity index (χ4v) is 4.46. The van der Waals surface area contributed by atoms with Crippen molar-refractivity contribution in [3.8, 4) is 0 Å². The van der Waals surface area contributed by atoms with E-state index >= 15 is 0 Å². The lowest BCUT2D eigenvalue weighted by Gasteiger charge is -2.34. The number of piperidine rings is 1. The molecule has 0 bridgehead atoms. The largest absolute Gasteiger partial charge is 0.340 e. The average Bonchev–Trinajstić information content (AvgIpc) is 3.15. The molecule has 2 amide bonds. The molecule has 2 aliphatic rings. The highest BCUT2D eigenvalue weighted by molar-refractivity contribution is 5.94. The van der Waals surface area contributed by atoms with Gasteiger partial charge in [-0.2, -0.15) is 0 Å². The van der Waals surface area contributed by atoms with Crippen molar-refractivity contribution in [3.63, 3.8) is 0 Å². The van der Waals surface area contributed by atoms with Crippen LogP contribution >= 0.6 is 0 Å². The molecular formula is C23H26FN3O2. The summed E-state index contributed by atoms with van der Waals surface area (Å²) in [4.78, 5) is 29.5. The van der Waals surface area contributed by atoms with Crippen LogP contribution in [0.4, 0.5) is 4.39 Å². The Balaban J connectivity index is 1.41. The van der Waals surface area contributed by atoms with Crippen LogP contribution in [0, 0.1) is 11.7 Å². The number of hydrogen-bond acceptors (Lipinski definition) is 3. The maximum Gasteiger partial charge on any atom is 0.253 e. The molecule has 0 spiro atoms. The molecule has 29 heavy (non-hydrogen) atoms. The van der Waals surface area contributed by atoms with E-state index in [1.54, 1.807) is 4.90 Å². The highest BCUT2D eigenvalue weighted by Crippen LogP contribution is 2.29. The summed E-state index contributed by atoms with van der Waals surface area (Å²) in [6.07, 6.45) is 1.55. The number of amides is 2. The van der Waals surface area contributed by atoms with E-state index in [9.17, 15) is 14.0 Å². The Morgan fingerprint density at radius 3 is 2.38 bits per heavy atom. The van der Waals surface area contributed by atoms with E-state index in [2.05, 4.69) is 12.1 Å². The van der Waals surface area contributed by atoms with E-state index < -0.39 is 0 Å². The van der Waals surface area contributed by atoms with Crippen LogP contribution in [0.1, 0.15) is 34.7 Å². The average molecular weight is 395 g/mol. The molecule has 2 aliphatic heterocycles. The number of benzene rings is 2. The lowest BCUT2D eigenvalue weighted by Crippen LogP contribution is -2.46. The first-order valence-electron chi connectivity index (χ1n) is 10.2. The molecule has 0 radical (unpaired) electrons. The molecule has 0 aromatic heterocycles. The molecule has 1 unspecified atom stereocenters. The number of halogens is 1. The molecule has 0 saturated carbocycles. The Labute approximate surface area is 170 Å². The molecule has 0 aliphatic carbocycles. The Morgan fingerprint density at radius 2 is 1.66 bits per heavy atom. The van der Waals surface area contributed by atoms with Gasteiger partial charge in [-0.15, -0.1) is 0 Å². The van der Waals surface area contributed by atoms with Crippen LogP contribution in [0.5, 0.6) is 0 Å². The van der Waals surface area contributed by atoms with E-state index in [4.69, 9.17) is 5.73 Å². The molecule has 5 nitrogen and oxygen atoms in total. The Hall–Kier alpha value is -2.73. The van der Waals surface area contributed by atoms with Crippen molar-refractivity contribution < 1.29 is 14.0 Å². The van der Waals surface area contributed by atoms with Gasteiger partial charge < -0.3 is 15.5 Å². The van der Waals surface area contributed by atoms with E-state index in [-0.39, 0.29) is 35.5 Å². The molecule has 2 N–H and O–H groups in total. The monoisotopic (exact) mass is 395 g/mol. The second-order valence-corrected chi connectivity index (χ2v) is 8.02. The normalized spacial score (nSPS) is 24.6. The summed E-state index contributed by atoms with van der Waals surface area (Å²) in [5.41, 5.74) is 7.95. The van der Waals surface area contributed by atoms with Crippen LogP contribution < -0.4 is 5.73 Å². The van der Waals surface area contributed by atoms with Gasteiger partial charge in [-0.05, 0) is 42.7 Å². The second kappa shape index (κ2) is 8.33. The molecule has 2 saturated heterocycles. The van der Waals surface area contributed by atoms with Crippen molar-refractivity contribution in [1.29, 1.82) is 0 Å². The highest BCUT2D eigenvalue weighted by Gasteiger charge is 2.38.